The maximum absolute atomic E-state index is 9.16. The first-order valence-corrected chi connectivity index (χ1v) is 6.42. The number of aryl methyl sites for hydroxylation is 1. The minimum absolute atomic E-state index is 0.00902. The molecule has 3 N–H and O–H groups in total. The van der Waals surface area contributed by atoms with E-state index in [1.807, 2.05) is 18.7 Å². The summed E-state index contributed by atoms with van der Waals surface area (Å²) >= 11 is 5.10. The fourth-order valence-electron chi connectivity index (χ4n) is 1.76. The molecule has 7 heteroatoms. The molecule has 0 unspecified atom stereocenters. The van der Waals surface area contributed by atoms with Crippen LogP contribution in [0.5, 0.6) is 0 Å². The highest BCUT2D eigenvalue weighted by atomic mass is 32.1. The monoisotopic (exact) mass is 284 g/mol. The molecule has 0 amide bonds. The average Bonchev–Trinajstić information content (AvgIpc) is 2.37. The quantitative estimate of drug-likeness (QED) is 0.691. The van der Waals surface area contributed by atoms with E-state index in [0.717, 1.165) is 11.3 Å². The number of rotatable bonds is 7. The van der Waals surface area contributed by atoms with Gasteiger partial charge in [-0.1, -0.05) is 12.2 Å². The van der Waals surface area contributed by atoms with E-state index in [9.17, 15) is 0 Å². The van der Waals surface area contributed by atoms with Gasteiger partial charge in [0.25, 0.3) is 0 Å². The number of aromatic nitrogens is 2. The van der Waals surface area contributed by atoms with E-state index >= 15 is 0 Å². The first-order valence-electron chi connectivity index (χ1n) is 6.01. The lowest BCUT2D eigenvalue weighted by molar-refractivity contribution is 0.202. The Morgan fingerprint density at radius 2 is 2.05 bits per heavy atom. The summed E-state index contributed by atoms with van der Waals surface area (Å²) in [5.74, 6) is 0.599. The lowest BCUT2D eigenvalue weighted by atomic mass is 10.1. The number of hydrogen-bond acceptors (Lipinski definition) is 6. The van der Waals surface area contributed by atoms with Gasteiger partial charge in [-0.15, -0.1) is 5.10 Å². The number of nitrogens with two attached hydrogens (primary N) is 1. The van der Waals surface area contributed by atoms with Crippen molar-refractivity contribution in [2.45, 2.75) is 13.8 Å². The highest BCUT2D eigenvalue weighted by Gasteiger charge is 2.18. The fourth-order valence-corrected chi connectivity index (χ4v) is 2.00. The van der Waals surface area contributed by atoms with Crippen LogP contribution in [0.4, 0.5) is 5.82 Å². The Labute approximate surface area is 118 Å². The summed E-state index contributed by atoms with van der Waals surface area (Å²) in [6, 6.07) is 0. The van der Waals surface area contributed by atoms with Crippen molar-refractivity contribution in [3.05, 3.63) is 16.8 Å². The lowest BCUT2D eigenvalue weighted by Gasteiger charge is -2.25. The summed E-state index contributed by atoms with van der Waals surface area (Å²) in [4.78, 5) is 2.16. The molecule has 0 radical (unpaired) electrons. The van der Waals surface area contributed by atoms with Crippen molar-refractivity contribution in [3.8, 4) is 0 Å². The van der Waals surface area contributed by atoms with E-state index in [1.165, 1.54) is 0 Å². The second kappa shape index (κ2) is 7.32. The number of ether oxygens (including phenoxy) is 1. The highest BCUT2D eigenvalue weighted by molar-refractivity contribution is 7.80. The molecular formula is C12H20N4O2S. The van der Waals surface area contributed by atoms with Gasteiger partial charge in [0.2, 0.25) is 0 Å². The van der Waals surface area contributed by atoms with Crippen molar-refractivity contribution in [1.82, 2.24) is 10.2 Å². The number of aliphatic hydroxyl groups is 1. The first kappa shape index (κ1) is 15.7. The van der Waals surface area contributed by atoms with Crippen LogP contribution in [0.25, 0.3) is 0 Å². The molecule has 0 saturated heterocycles. The third-order valence-corrected chi connectivity index (χ3v) is 3.12. The zero-order chi connectivity index (χ0) is 14.4. The number of aliphatic hydroxyl groups excluding tert-OH is 1. The van der Waals surface area contributed by atoms with Crippen LogP contribution in [-0.4, -0.2) is 53.7 Å². The normalized spacial score (nSPS) is 10.5. The zero-order valence-electron chi connectivity index (χ0n) is 11.5. The predicted molar refractivity (Wildman–Crippen MR) is 78.6 cm³/mol. The molecule has 0 fully saturated rings. The molecule has 1 aromatic rings. The molecule has 0 aromatic carbocycles. The molecule has 1 rings (SSSR count). The van der Waals surface area contributed by atoms with Crippen molar-refractivity contribution < 1.29 is 9.84 Å². The van der Waals surface area contributed by atoms with Gasteiger partial charge in [-0.3, -0.25) is 0 Å². The molecule has 1 heterocycles. The van der Waals surface area contributed by atoms with Crippen LogP contribution in [-0.2, 0) is 4.74 Å². The second-order valence-corrected chi connectivity index (χ2v) is 4.62. The number of methoxy groups -OCH3 is 1. The number of anilines is 1. The van der Waals surface area contributed by atoms with Crippen molar-refractivity contribution >= 4 is 23.0 Å². The molecule has 0 aliphatic carbocycles. The molecule has 0 spiro atoms. The summed E-state index contributed by atoms with van der Waals surface area (Å²) in [6.07, 6.45) is 0. The van der Waals surface area contributed by atoms with Gasteiger partial charge in [-0.25, -0.2) is 0 Å². The van der Waals surface area contributed by atoms with Gasteiger partial charge in [-0.2, -0.15) is 5.10 Å². The maximum Gasteiger partial charge on any atom is 0.161 e. The molecule has 19 heavy (non-hydrogen) atoms. The third-order valence-electron chi connectivity index (χ3n) is 2.92. The SMILES string of the molecule is COCCN(CCO)c1nnc(C)c(C)c1C(N)=S. The van der Waals surface area contributed by atoms with Crippen molar-refractivity contribution in [2.75, 3.05) is 38.3 Å². The Morgan fingerprint density at radius 1 is 1.37 bits per heavy atom. The largest absolute Gasteiger partial charge is 0.395 e. The van der Waals surface area contributed by atoms with Gasteiger partial charge in [0.1, 0.15) is 4.99 Å². The van der Waals surface area contributed by atoms with Crippen LogP contribution >= 0.6 is 12.2 Å². The average molecular weight is 284 g/mol. The minimum Gasteiger partial charge on any atom is -0.395 e. The molecule has 0 atom stereocenters. The van der Waals surface area contributed by atoms with E-state index in [4.69, 9.17) is 27.8 Å². The van der Waals surface area contributed by atoms with E-state index in [-0.39, 0.29) is 11.6 Å². The fraction of sp³-hybridized carbons (Fsp3) is 0.583. The van der Waals surface area contributed by atoms with Crippen molar-refractivity contribution in [3.63, 3.8) is 0 Å². The molecule has 106 valence electrons. The van der Waals surface area contributed by atoms with Gasteiger partial charge in [0.15, 0.2) is 5.82 Å². The topological polar surface area (TPSA) is 84.5 Å². The van der Waals surface area contributed by atoms with Crippen LogP contribution in [0.2, 0.25) is 0 Å². The summed E-state index contributed by atoms with van der Waals surface area (Å²) in [6.45, 7) is 5.31. The Balaban J connectivity index is 3.21. The molecule has 6 nitrogen and oxygen atoms in total. The Hall–Kier alpha value is -1.31. The first-order chi connectivity index (χ1) is 9.02. The summed E-state index contributed by atoms with van der Waals surface area (Å²) in [7, 11) is 1.62. The molecule has 1 aromatic heterocycles. The maximum atomic E-state index is 9.16. The van der Waals surface area contributed by atoms with Crippen LogP contribution in [0.1, 0.15) is 16.8 Å². The summed E-state index contributed by atoms with van der Waals surface area (Å²) < 4.78 is 5.06. The van der Waals surface area contributed by atoms with Crippen LogP contribution in [0, 0.1) is 13.8 Å². The molecule has 0 saturated carbocycles. The highest BCUT2D eigenvalue weighted by Crippen LogP contribution is 2.21. The lowest BCUT2D eigenvalue weighted by Crippen LogP contribution is -2.33. The molecular weight excluding hydrogens is 264 g/mol. The molecule has 0 aliphatic heterocycles. The van der Waals surface area contributed by atoms with E-state index in [2.05, 4.69) is 10.2 Å². The standard InChI is InChI=1S/C12H20N4O2S/c1-8-9(2)14-15-12(10(8)11(13)19)16(4-6-17)5-7-18-3/h17H,4-7H2,1-3H3,(H2,13,19). The number of thiocarbonyl (C=S) groups is 1. The smallest absolute Gasteiger partial charge is 0.161 e. The number of hydrogen-bond donors (Lipinski definition) is 2. The minimum atomic E-state index is 0.00902. The van der Waals surface area contributed by atoms with Gasteiger partial charge < -0.3 is 20.5 Å². The zero-order valence-corrected chi connectivity index (χ0v) is 12.3. The Morgan fingerprint density at radius 3 is 2.58 bits per heavy atom. The van der Waals surface area contributed by atoms with E-state index in [1.54, 1.807) is 7.11 Å². The molecule has 0 bridgehead atoms. The van der Waals surface area contributed by atoms with Crippen molar-refractivity contribution in [2.24, 2.45) is 5.73 Å². The predicted octanol–water partition coefficient (Wildman–Crippen LogP) is 0.173. The Bertz CT molecular complexity index is 454. The van der Waals surface area contributed by atoms with Crippen LogP contribution in [0.3, 0.4) is 0 Å². The van der Waals surface area contributed by atoms with Crippen LogP contribution < -0.4 is 10.6 Å². The van der Waals surface area contributed by atoms with Gasteiger partial charge >= 0.3 is 0 Å². The Kier molecular flexibility index (Phi) is 6.07. The summed E-state index contributed by atoms with van der Waals surface area (Å²) in [5, 5.41) is 17.4. The molecule has 0 aliphatic rings. The van der Waals surface area contributed by atoms with Crippen molar-refractivity contribution in [1.29, 1.82) is 0 Å². The van der Waals surface area contributed by atoms with Crippen LogP contribution in [0.15, 0.2) is 0 Å². The second-order valence-electron chi connectivity index (χ2n) is 4.18. The summed E-state index contributed by atoms with van der Waals surface area (Å²) in [5.41, 5.74) is 8.21. The van der Waals surface area contributed by atoms with Gasteiger partial charge in [0, 0.05) is 20.2 Å². The third kappa shape index (κ3) is 3.82. The van der Waals surface area contributed by atoms with Gasteiger partial charge in [-0.05, 0) is 19.4 Å². The van der Waals surface area contributed by atoms with E-state index < -0.39 is 0 Å². The number of nitrogens with zero attached hydrogens (tertiary/aromatic N) is 3. The van der Waals surface area contributed by atoms with Gasteiger partial charge in [0.05, 0.1) is 24.5 Å². The van der Waals surface area contributed by atoms with E-state index in [0.29, 0.717) is 31.1 Å².